The number of carbonyl (C=O) groups is 1. The van der Waals surface area contributed by atoms with Crippen molar-refractivity contribution >= 4 is 5.91 Å². The van der Waals surface area contributed by atoms with Gasteiger partial charge in [-0.3, -0.25) is 9.89 Å². The quantitative estimate of drug-likeness (QED) is 0.818. The first kappa shape index (κ1) is 12.1. The lowest BCUT2D eigenvalue weighted by molar-refractivity contribution is 0.0728. The van der Waals surface area contributed by atoms with Gasteiger partial charge in [-0.05, 0) is 19.3 Å². The Kier molecular flexibility index (Phi) is 3.76. The van der Waals surface area contributed by atoms with E-state index in [4.69, 9.17) is 0 Å². The van der Waals surface area contributed by atoms with Crippen LogP contribution in [0.5, 0.6) is 0 Å². The minimum Gasteiger partial charge on any atom is -0.333 e. The molecule has 1 heterocycles. The van der Waals surface area contributed by atoms with Crippen LogP contribution in [0.2, 0.25) is 0 Å². The topological polar surface area (TPSA) is 61.9 Å². The number of H-pyrrole nitrogens is 1. The highest BCUT2D eigenvalue weighted by atomic mass is 16.2. The maximum Gasteiger partial charge on any atom is 0.293 e. The number of nitrogens with one attached hydrogen (secondary N) is 1. The van der Waals surface area contributed by atoms with Crippen molar-refractivity contribution in [3.8, 4) is 0 Å². The second kappa shape index (κ2) is 5.29. The molecule has 0 aromatic carbocycles. The summed E-state index contributed by atoms with van der Waals surface area (Å²) in [6, 6.07) is 0.428. The van der Waals surface area contributed by atoms with Crippen molar-refractivity contribution in [1.29, 1.82) is 0 Å². The van der Waals surface area contributed by atoms with Gasteiger partial charge in [0, 0.05) is 19.0 Å². The van der Waals surface area contributed by atoms with Gasteiger partial charge in [0.2, 0.25) is 5.82 Å². The number of hydrogen-bond donors (Lipinski definition) is 1. The Morgan fingerprint density at radius 2 is 2.24 bits per heavy atom. The fraction of sp³-hybridized carbons (Fsp3) is 0.750. The highest BCUT2D eigenvalue weighted by Gasteiger charge is 2.34. The zero-order valence-electron chi connectivity index (χ0n) is 10.6. The molecule has 17 heavy (non-hydrogen) atoms. The summed E-state index contributed by atoms with van der Waals surface area (Å²) in [7, 11) is 0. The SMILES string of the molecule is CCCCN(C(=O)c1n[nH]c(CC)n1)C1CC1. The average molecular weight is 236 g/mol. The van der Waals surface area contributed by atoms with E-state index in [1.165, 1.54) is 0 Å². The number of carbonyl (C=O) groups excluding carboxylic acids is 1. The number of unbranched alkanes of at least 4 members (excludes halogenated alkanes) is 1. The summed E-state index contributed by atoms with van der Waals surface area (Å²) in [5.74, 6) is 1.08. The molecular weight excluding hydrogens is 216 g/mol. The van der Waals surface area contributed by atoms with Crippen molar-refractivity contribution in [3.63, 3.8) is 0 Å². The average Bonchev–Trinajstić information content (AvgIpc) is 3.06. The molecule has 1 fully saturated rings. The summed E-state index contributed by atoms with van der Waals surface area (Å²) in [5.41, 5.74) is 0. The van der Waals surface area contributed by atoms with Gasteiger partial charge in [-0.15, -0.1) is 5.10 Å². The molecule has 0 spiro atoms. The molecule has 0 bridgehead atoms. The Balaban J connectivity index is 2.04. The number of aryl methyl sites for hydroxylation is 1. The highest BCUT2D eigenvalue weighted by Crippen LogP contribution is 2.28. The van der Waals surface area contributed by atoms with E-state index >= 15 is 0 Å². The van der Waals surface area contributed by atoms with Crippen LogP contribution in [0.25, 0.3) is 0 Å². The third-order valence-electron chi connectivity index (χ3n) is 3.06. The number of amides is 1. The first-order valence-corrected chi connectivity index (χ1v) is 6.48. The molecule has 1 aliphatic carbocycles. The van der Waals surface area contributed by atoms with Crippen LogP contribution in [0, 0.1) is 0 Å². The van der Waals surface area contributed by atoms with Gasteiger partial charge in [0.05, 0.1) is 0 Å². The number of nitrogens with zero attached hydrogens (tertiary/aromatic N) is 3. The minimum absolute atomic E-state index is 0.0168. The fourth-order valence-electron chi connectivity index (χ4n) is 1.84. The van der Waals surface area contributed by atoms with Crippen molar-refractivity contribution < 1.29 is 4.79 Å². The van der Waals surface area contributed by atoms with Crippen molar-refractivity contribution in [2.24, 2.45) is 0 Å². The number of aromatic nitrogens is 3. The van der Waals surface area contributed by atoms with Crippen LogP contribution >= 0.6 is 0 Å². The van der Waals surface area contributed by atoms with E-state index < -0.39 is 0 Å². The molecule has 0 radical (unpaired) electrons. The first-order valence-electron chi connectivity index (χ1n) is 6.48. The van der Waals surface area contributed by atoms with Gasteiger partial charge >= 0.3 is 0 Å². The lowest BCUT2D eigenvalue weighted by Crippen LogP contribution is -2.34. The van der Waals surface area contributed by atoms with Crippen LogP contribution in [-0.2, 0) is 6.42 Å². The number of aromatic amines is 1. The lowest BCUT2D eigenvalue weighted by Gasteiger charge is -2.20. The van der Waals surface area contributed by atoms with Crippen LogP contribution in [0.3, 0.4) is 0 Å². The van der Waals surface area contributed by atoms with Crippen molar-refractivity contribution in [3.05, 3.63) is 11.6 Å². The molecule has 5 heteroatoms. The van der Waals surface area contributed by atoms with E-state index in [9.17, 15) is 4.79 Å². The molecule has 0 atom stereocenters. The van der Waals surface area contributed by atoms with Gasteiger partial charge in [-0.2, -0.15) is 0 Å². The zero-order chi connectivity index (χ0) is 12.3. The zero-order valence-corrected chi connectivity index (χ0v) is 10.6. The summed E-state index contributed by atoms with van der Waals surface area (Å²) < 4.78 is 0. The summed E-state index contributed by atoms with van der Waals surface area (Å²) in [5, 5.41) is 6.80. The Morgan fingerprint density at radius 3 is 2.76 bits per heavy atom. The van der Waals surface area contributed by atoms with Crippen LogP contribution in [0.4, 0.5) is 0 Å². The van der Waals surface area contributed by atoms with Gasteiger partial charge < -0.3 is 4.90 Å². The van der Waals surface area contributed by atoms with Crippen LogP contribution < -0.4 is 0 Å². The largest absolute Gasteiger partial charge is 0.333 e. The molecule has 1 aliphatic rings. The van der Waals surface area contributed by atoms with E-state index in [0.717, 1.165) is 44.5 Å². The molecule has 1 saturated carbocycles. The Bertz CT molecular complexity index is 384. The van der Waals surface area contributed by atoms with E-state index in [-0.39, 0.29) is 5.91 Å². The van der Waals surface area contributed by atoms with Gasteiger partial charge in [-0.25, -0.2) is 4.98 Å². The van der Waals surface area contributed by atoms with E-state index in [2.05, 4.69) is 22.1 Å². The molecule has 1 amide bonds. The van der Waals surface area contributed by atoms with Crippen molar-refractivity contribution in [2.75, 3.05) is 6.54 Å². The van der Waals surface area contributed by atoms with Crippen molar-refractivity contribution in [1.82, 2.24) is 20.1 Å². The first-order chi connectivity index (χ1) is 8.26. The monoisotopic (exact) mass is 236 g/mol. The molecule has 0 saturated heterocycles. The number of hydrogen-bond acceptors (Lipinski definition) is 3. The van der Waals surface area contributed by atoms with E-state index in [1.54, 1.807) is 0 Å². The summed E-state index contributed by atoms with van der Waals surface area (Å²) in [6.45, 7) is 4.96. The normalized spacial score (nSPS) is 14.9. The highest BCUT2D eigenvalue weighted by molar-refractivity contribution is 5.90. The van der Waals surface area contributed by atoms with Gasteiger partial charge in [0.1, 0.15) is 5.82 Å². The third-order valence-corrected chi connectivity index (χ3v) is 3.06. The van der Waals surface area contributed by atoms with Gasteiger partial charge in [0.15, 0.2) is 0 Å². The summed E-state index contributed by atoms with van der Waals surface area (Å²) >= 11 is 0. The minimum atomic E-state index is -0.0168. The second-order valence-electron chi connectivity index (χ2n) is 4.54. The smallest absolute Gasteiger partial charge is 0.293 e. The summed E-state index contributed by atoms with van der Waals surface area (Å²) in [6.07, 6.45) is 5.18. The standard InChI is InChI=1S/C12H20N4O/c1-3-5-8-16(9-6-7-9)12(17)11-13-10(4-2)14-15-11/h9H,3-8H2,1-2H3,(H,13,14,15). The van der Waals surface area contributed by atoms with Gasteiger partial charge in [0.25, 0.3) is 5.91 Å². The van der Waals surface area contributed by atoms with Crippen LogP contribution in [-0.4, -0.2) is 38.6 Å². The summed E-state index contributed by atoms with van der Waals surface area (Å²) in [4.78, 5) is 18.4. The molecule has 0 aliphatic heterocycles. The number of rotatable bonds is 6. The molecule has 5 nitrogen and oxygen atoms in total. The van der Waals surface area contributed by atoms with Crippen LogP contribution in [0.15, 0.2) is 0 Å². The molecule has 0 unspecified atom stereocenters. The van der Waals surface area contributed by atoms with Crippen molar-refractivity contribution in [2.45, 2.75) is 52.0 Å². The predicted octanol–water partition coefficient (Wildman–Crippen LogP) is 1.77. The van der Waals surface area contributed by atoms with Crippen LogP contribution in [0.1, 0.15) is 56.0 Å². The molecule has 1 aromatic rings. The molecular formula is C12H20N4O. The predicted molar refractivity (Wildman–Crippen MR) is 64.7 cm³/mol. The molecule has 94 valence electrons. The van der Waals surface area contributed by atoms with E-state index in [1.807, 2.05) is 11.8 Å². The molecule has 1 N–H and O–H groups in total. The maximum absolute atomic E-state index is 12.2. The maximum atomic E-state index is 12.2. The molecule has 2 rings (SSSR count). The lowest BCUT2D eigenvalue weighted by atomic mass is 10.3. The molecule has 1 aromatic heterocycles. The Hall–Kier alpha value is -1.39. The Labute approximate surface area is 102 Å². The van der Waals surface area contributed by atoms with Gasteiger partial charge in [-0.1, -0.05) is 20.3 Å². The second-order valence-corrected chi connectivity index (χ2v) is 4.54. The van der Waals surface area contributed by atoms with E-state index in [0.29, 0.717) is 11.9 Å². The Morgan fingerprint density at radius 1 is 1.47 bits per heavy atom. The fourth-order valence-corrected chi connectivity index (χ4v) is 1.84. The third kappa shape index (κ3) is 2.84.